The summed E-state index contributed by atoms with van der Waals surface area (Å²) >= 11 is 1.40. The third kappa shape index (κ3) is 4.27. The summed E-state index contributed by atoms with van der Waals surface area (Å²) in [5.74, 6) is 0.0649. The van der Waals surface area contributed by atoms with Gasteiger partial charge >= 0.3 is 0 Å². The molecular formula is C14H21ClN6OS. The second-order valence-corrected chi connectivity index (χ2v) is 6.74. The summed E-state index contributed by atoms with van der Waals surface area (Å²) in [4.78, 5) is 12.2. The first-order valence-corrected chi connectivity index (χ1v) is 8.36. The Labute approximate surface area is 145 Å². The summed E-state index contributed by atoms with van der Waals surface area (Å²) in [5, 5.41) is 20.0. The van der Waals surface area contributed by atoms with Gasteiger partial charge < -0.3 is 5.32 Å². The monoisotopic (exact) mass is 356 g/mol. The Bertz CT molecular complexity index is 649. The molecule has 1 aliphatic rings. The third-order valence-corrected chi connectivity index (χ3v) is 4.78. The Morgan fingerprint density at radius 2 is 2.30 bits per heavy atom. The zero-order valence-electron chi connectivity index (χ0n) is 13.2. The van der Waals surface area contributed by atoms with E-state index in [4.69, 9.17) is 0 Å². The normalized spacial score (nSPS) is 17.8. The van der Waals surface area contributed by atoms with Crippen LogP contribution in [0.15, 0.2) is 12.3 Å². The molecule has 1 amide bonds. The van der Waals surface area contributed by atoms with Gasteiger partial charge in [-0.1, -0.05) is 25.2 Å². The van der Waals surface area contributed by atoms with E-state index in [2.05, 4.69) is 25.9 Å². The van der Waals surface area contributed by atoms with Crippen LogP contribution >= 0.6 is 23.7 Å². The van der Waals surface area contributed by atoms with Crippen molar-refractivity contribution in [2.75, 3.05) is 18.4 Å². The number of anilines is 1. The molecule has 3 heterocycles. The maximum Gasteiger partial charge on any atom is 0.277 e. The Morgan fingerprint density at radius 1 is 1.48 bits per heavy atom. The second kappa shape index (κ2) is 7.85. The maximum absolute atomic E-state index is 12.2. The highest BCUT2D eigenvalue weighted by Gasteiger charge is 2.18. The van der Waals surface area contributed by atoms with Crippen molar-refractivity contribution in [1.82, 2.24) is 25.3 Å². The van der Waals surface area contributed by atoms with Gasteiger partial charge in [0.05, 0.1) is 6.04 Å². The first-order chi connectivity index (χ1) is 10.6. The smallest absolute Gasteiger partial charge is 0.277 e. The lowest BCUT2D eigenvalue weighted by atomic mass is 10.1. The van der Waals surface area contributed by atoms with E-state index >= 15 is 0 Å². The Balaban J connectivity index is 0.00000192. The highest BCUT2D eigenvalue weighted by molar-refractivity contribution is 7.15. The minimum absolute atomic E-state index is 0. The van der Waals surface area contributed by atoms with Gasteiger partial charge in [0.2, 0.25) is 5.13 Å². The van der Waals surface area contributed by atoms with Crippen molar-refractivity contribution in [2.45, 2.75) is 38.6 Å². The van der Waals surface area contributed by atoms with Gasteiger partial charge in [0.1, 0.15) is 5.01 Å². The molecule has 2 aromatic heterocycles. The molecule has 1 aliphatic heterocycles. The van der Waals surface area contributed by atoms with Gasteiger partial charge in [0, 0.05) is 18.7 Å². The molecule has 2 N–H and O–H groups in total. The number of hydrogen-bond donors (Lipinski definition) is 2. The van der Waals surface area contributed by atoms with Crippen LogP contribution in [0.1, 0.15) is 54.1 Å². The molecule has 23 heavy (non-hydrogen) atoms. The standard InChI is InChI=1S/C14H20N6OS.ClH/c1-9(2)13-17-18-14(22-13)16-12(21)11-5-7-20(19-11)10-4-3-6-15-8-10;/h5,7,9-10,15H,3-4,6,8H2,1-2H3,(H,16,18,21);1H. The average Bonchev–Trinajstić information content (AvgIpc) is 3.17. The number of carbonyl (C=O) groups excluding carboxylic acids is 1. The van der Waals surface area contributed by atoms with Crippen LogP contribution in [0.5, 0.6) is 0 Å². The number of halogens is 1. The SMILES string of the molecule is CC(C)c1nnc(NC(=O)c2ccn(C3CCCNC3)n2)s1.Cl. The number of hydrogen-bond acceptors (Lipinski definition) is 6. The summed E-state index contributed by atoms with van der Waals surface area (Å²) in [7, 11) is 0. The molecule has 0 aliphatic carbocycles. The fraction of sp³-hybridized carbons (Fsp3) is 0.571. The van der Waals surface area contributed by atoms with Gasteiger partial charge in [0.25, 0.3) is 5.91 Å². The third-order valence-electron chi connectivity index (χ3n) is 3.64. The summed E-state index contributed by atoms with van der Waals surface area (Å²) in [6.45, 7) is 6.05. The molecule has 1 atom stereocenters. The molecule has 1 fully saturated rings. The van der Waals surface area contributed by atoms with Crippen molar-refractivity contribution < 1.29 is 4.79 Å². The number of nitrogens with one attached hydrogen (secondary N) is 2. The number of aromatic nitrogens is 4. The molecule has 2 aromatic rings. The molecule has 0 radical (unpaired) electrons. The maximum atomic E-state index is 12.2. The van der Waals surface area contributed by atoms with Crippen LogP contribution in [0.3, 0.4) is 0 Å². The molecule has 1 saturated heterocycles. The molecule has 0 aromatic carbocycles. The largest absolute Gasteiger partial charge is 0.315 e. The lowest BCUT2D eigenvalue weighted by molar-refractivity contribution is 0.102. The number of nitrogens with zero attached hydrogens (tertiary/aromatic N) is 4. The van der Waals surface area contributed by atoms with Crippen LogP contribution in [0, 0.1) is 0 Å². The molecule has 0 bridgehead atoms. The van der Waals surface area contributed by atoms with Crippen LogP contribution in [0.4, 0.5) is 5.13 Å². The number of rotatable bonds is 4. The van der Waals surface area contributed by atoms with Crippen molar-refractivity contribution >= 4 is 34.8 Å². The van der Waals surface area contributed by atoms with E-state index in [1.54, 1.807) is 6.07 Å². The van der Waals surface area contributed by atoms with Crippen molar-refractivity contribution in [2.24, 2.45) is 0 Å². The van der Waals surface area contributed by atoms with Crippen LogP contribution < -0.4 is 10.6 Å². The molecule has 9 heteroatoms. The van der Waals surface area contributed by atoms with E-state index < -0.39 is 0 Å². The summed E-state index contributed by atoms with van der Waals surface area (Å²) in [6, 6.07) is 2.07. The van der Waals surface area contributed by atoms with E-state index in [0.29, 0.717) is 22.8 Å². The summed E-state index contributed by atoms with van der Waals surface area (Å²) in [6.07, 6.45) is 4.09. The zero-order chi connectivity index (χ0) is 15.5. The molecule has 7 nitrogen and oxygen atoms in total. The fourth-order valence-corrected chi connectivity index (χ4v) is 3.14. The summed E-state index contributed by atoms with van der Waals surface area (Å²) < 4.78 is 1.88. The van der Waals surface area contributed by atoms with Crippen LogP contribution in [0.2, 0.25) is 0 Å². The lowest BCUT2D eigenvalue weighted by Crippen LogP contribution is -2.32. The second-order valence-electron chi connectivity index (χ2n) is 5.74. The van der Waals surface area contributed by atoms with Gasteiger partial charge in [-0.15, -0.1) is 22.6 Å². The molecule has 0 saturated carbocycles. The van der Waals surface area contributed by atoms with E-state index in [0.717, 1.165) is 30.9 Å². The average molecular weight is 357 g/mol. The minimum atomic E-state index is -0.242. The first-order valence-electron chi connectivity index (χ1n) is 7.54. The van der Waals surface area contributed by atoms with Gasteiger partial charge in [0.15, 0.2) is 5.69 Å². The highest BCUT2D eigenvalue weighted by atomic mass is 35.5. The number of carbonyl (C=O) groups is 1. The van der Waals surface area contributed by atoms with Crippen molar-refractivity contribution in [1.29, 1.82) is 0 Å². The highest BCUT2D eigenvalue weighted by Crippen LogP contribution is 2.23. The summed E-state index contributed by atoms with van der Waals surface area (Å²) in [5.41, 5.74) is 0.409. The predicted molar refractivity (Wildman–Crippen MR) is 92.6 cm³/mol. The Kier molecular flexibility index (Phi) is 6.09. The van der Waals surface area contributed by atoms with E-state index in [1.165, 1.54) is 11.3 Å². The predicted octanol–water partition coefficient (Wildman–Crippen LogP) is 2.46. The molecule has 1 unspecified atom stereocenters. The van der Waals surface area contributed by atoms with Gasteiger partial charge in [-0.25, -0.2) is 0 Å². The van der Waals surface area contributed by atoms with Crippen molar-refractivity contribution in [3.05, 3.63) is 23.0 Å². The van der Waals surface area contributed by atoms with Gasteiger partial charge in [-0.05, 0) is 25.5 Å². The number of amides is 1. The molecule has 0 spiro atoms. The molecule has 3 rings (SSSR count). The molecule has 126 valence electrons. The lowest BCUT2D eigenvalue weighted by Gasteiger charge is -2.22. The topological polar surface area (TPSA) is 84.7 Å². The van der Waals surface area contributed by atoms with Crippen LogP contribution in [0.25, 0.3) is 0 Å². The quantitative estimate of drug-likeness (QED) is 0.879. The van der Waals surface area contributed by atoms with Gasteiger partial charge in [-0.3, -0.25) is 14.8 Å². The first kappa shape index (κ1) is 17.8. The van der Waals surface area contributed by atoms with Crippen LogP contribution in [-0.2, 0) is 0 Å². The Morgan fingerprint density at radius 3 is 2.96 bits per heavy atom. The van der Waals surface area contributed by atoms with Crippen LogP contribution in [-0.4, -0.2) is 39.0 Å². The van der Waals surface area contributed by atoms with E-state index in [9.17, 15) is 4.79 Å². The van der Waals surface area contributed by atoms with Crippen molar-refractivity contribution in [3.8, 4) is 0 Å². The molecular weight excluding hydrogens is 336 g/mol. The fourth-order valence-electron chi connectivity index (χ4n) is 2.40. The zero-order valence-corrected chi connectivity index (χ0v) is 14.8. The minimum Gasteiger partial charge on any atom is -0.315 e. The number of piperidine rings is 1. The Hall–Kier alpha value is -1.51. The van der Waals surface area contributed by atoms with Crippen molar-refractivity contribution in [3.63, 3.8) is 0 Å². The van der Waals surface area contributed by atoms with E-state index in [-0.39, 0.29) is 18.3 Å². The van der Waals surface area contributed by atoms with E-state index in [1.807, 2.05) is 24.7 Å². The van der Waals surface area contributed by atoms with Gasteiger partial charge in [-0.2, -0.15) is 5.10 Å².